The number of para-hydroxylation sites is 2. The van der Waals surface area contributed by atoms with E-state index in [4.69, 9.17) is 4.74 Å². The van der Waals surface area contributed by atoms with Gasteiger partial charge in [0.15, 0.2) is 0 Å². The first-order valence-corrected chi connectivity index (χ1v) is 10.4. The van der Waals surface area contributed by atoms with Crippen molar-refractivity contribution in [3.63, 3.8) is 0 Å². The number of hydrogen-bond acceptors (Lipinski definition) is 4. The first-order chi connectivity index (χ1) is 16.1. The first kappa shape index (κ1) is 21.8. The average molecular weight is 441 g/mol. The van der Waals surface area contributed by atoms with E-state index in [0.717, 1.165) is 16.5 Å². The standard InChI is InChI=1S/C26H24N4O3/c1-30-17-18(20-10-3-5-12-23(20)30)15-22(26(32)28-16-19-9-7-8-14-27-19)29-25(31)21-11-4-6-13-24(21)33-2/h3-15,17H,16H2,1-2H3,(H,28,32)(H,29,31). The second kappa shape index (κ2) is 9.82. The molecule has 7 heteroatoms. The normalized spacial score (nSPS) is 11.3. The Morgan fingerprint density at radius 2 is 1.79 bits per heavy atom. The van der Waals surface area contributed by atoms with Crippen molar-refractivity contribution in [3.05, 3.63) is 102 Å². The minimum absolute atomic E-state index is 0.123. The van der Waals surface area contributed by atoms with Crippen molar-refractivity contribution in [2.45, 2.75) is 6.54 Å². The third-order valence-corrected chi connectivity index (χ3v) is 5.23. The van der Waals surface area contributed by atoms with Gasteiger partial charge in [0.05, 0.1) is 24.9 Å². The topological polar surface area (TPSA) is 85.2 Å². The Labute approximate surface area is 191 Å². The molecule has 2 N–H and O–H groups in total. The van der Waals surface area contributed by atoms with E-state index in [1.54, 1.807) is 36.5 Å². The van der Waals surface area contributed by atoms with Crippen LogP contribution in [0.1, 0.15) is 21.6 Å². The van der Waals surface area contributed by atoms with Crippen LogP contribution in [0.4, 0.5) is 0 Å². The van der Waals surface area contributed by atoms with E-state index in [2.05, 4.69) is 15.6 Å². The second-order valence-electron chi connectivity index (χ2n) is 7.43. The van der Waals surface area contributed by atoms with Gasteiger partial charge in [-0.25, -0.2) is 0 Å². The van der Waals surface area contributed by atoms with Crippen molar-refractivity contribution < 1.29 is 14.3 Å². The molecule has 33 heavy (non-hydrogen) atoms. The Bertz CT molecular complexity index is 1330. The molecule has 0 aliphatic carbocycles. The highest BCUT2D eigenvalue weighted by molar-refractivity contribution is 6.07. The number of hydrogen-bond donors (Lipinski definition) is 2. The monoisotopic (exact) mass is 440 g/mol. The molecule has 0 saturated heterocycles. The van der Waals surface area contributed by atoms with Crippen LogP contribution in [0.3, 0.4) is 0 Å². The summed E-state index contributed by atoms with van der Waals surface area (Å²) in [5, 5.41) is 6.58. The maximum absolute atomic E-state index is 13.1. The summed E-state index contributed by atoms with van der Waals surface area (Å²) < 4.78 is 7.28. The Balaban J connectivity index is 1.67. The molecule has 4 aromatic rings. The van der Waals surface area contributed by atoms with E-state index < -0.39 is 11.8 Å². The van der Waals surface area contributed by atoms with Crippen LogP contribution in [-0.4, -0.2) is 28.5 Å². The number of nitrogens with zero attached hydrogens (tertiary/aromatic N) is 2. The Hall–Kier alpha value is -4.39. The van der Waals surface area contributed by atoms with Crippen LogP contribution in [0.25, 0.3) is 17.0 Å². The molecule has 0 atom stereocenters. The minimum Gasteiger partial charge on any atom is -0.496 e. The molecule has 0 bridgehead atoms. The van der Waals surface area contributed by atoms with Gasteiger partial charge < -0.3 is 19.9 Å². The Morgan fingerprint density at radius 3 is 2.58 bits per heavy atom. The number of carbonyl (C=O) groups excluding carboxylic acids is 2. The van der Waals surface area contributed by atoms with Gasteiger partial charge in [-0.3, -0.25) is 14.6 Å². The number of pyridine rings is 1. The smallest absolute Gasteiger partial charge is 0.268 e. The first-order valence-electron chi connectivity index (χ1n) is 10.4. The largest absolute Gasteiger partial charge is 0.496 e. The summed E-state index contributed by atoms with van der Waals surface area (Å²) in [5.41, 5.74) is 3.01. The quantitative estimate of drug-likeness (QED) is 0.430. The number of methoxy groups -OCH3 is 1. The SMILES string of the molecule is COc1ccccc1C(=O)NC(=Cc1cn(C)c2ccccc12)C(=O)NCc1ccccn1. The van der Waals surface area contributed by atoms with Gasteiger partial charge in [-0.2, -0.15) is 0 Å². The van der Waals surface area contributed by atoms with E-state index in [1.807, 2.05) is 60.3 Å². The van der Waals surface area contributed by atoms with Gasteiger partial charge in [0.2, 0.25) is 0 Å². The molecule has 2 aromatic heterocycles. The van der Waals surface area contributed by atoms with Gasteiger partial charge in [0.25, 0.3) is 11.8 Å². The lowest BCUT2D eigenvalue weighted by Crippen LogP contribution is -2.34. The molecule has 4 rings (SSSR count). The molecule has 166 valence electrons. The van der Waals surface area contributed by atoms with Gasteiger partial charge in [-0.1, -0.05) is 36.4 Å². The maximum Gasteiger partial charge on any atom is 0.268 e. The molecule has 0 radical (unpaired) electrons. The van der Waals surface area contributed by atoms with Crippen LogP contribution in [0.15, 0.2) is 84.8 Å². The van der Waals surface area contributed by atoms with Gasteiger partial charge >= 0.3 is 0 Å². The Kier molecular flexibility index (Phi) is 6.50. The number of rotatable bonds is 7. The summed E-state index contributed by atoms with van der Waals surface area (Å²) in [5.74, 6) is -0.433. The highest BCUT2D eigenvalue weighted by atomic mass is 16.5. The fourth-order valence-corrected chi connectivity index (χ4v) is 3.59. The minimum atomic E-state index is -0.438. The van der Waals surface area contributed by atoms with Gasteiger partial charge in [-0.05, 0) is 36.4 Å². The van der Waals surface area contributed by atoms with Crippen LogP contribution in [-0.2, 0) is 18.4 Å². The molecule has 0 aliphatic heterocycles. The maximum atomic E-state index is 13.1. The van der Waals surface area contributed by atoms with Gasteiger partial charge in [0, 0.05) is 35.9 Å². The zero-order chi connectivity index (χ0) is 23.2. The van der Waals surface area contributed by atoms with Gasteiger partial charge in [0.1, 0.15) is 11.4 Å². The summed E-state index contributed by atoms with van der Waals surface area (Å²) in [6, 6.07) is 20.2. The summed E-state index contributed by atoms with van der Waals surface area (Å²) in [6.07, 6.45) is 5.27. The van der Waals surface area contributed by atoms with Crippen LogP contribution in [0, 0.1) is 0 Å². The number of amides is 2. The lowest BCUT2D eigenvalue weighted by Gasteiger charge is -2.12. The lowest BCUT2D eigenvalue weighted by molar-refractivity contribution is -0.117. The molecule has 2 amide bonds. The van der Waals surface area contributed by atoms with Gasteiger partial charge in [-0.15, -0.1) is 0 Å². The average Bonchev–Trinajstić information content (AvgIpc) is 3.18. The van der Waals surface area contributed by atoms with Crippen molar-refractivity contribution in [3.8, 4) is 5.75 Å². The highest BCUT2D eigenvalue weighted by Crippen LogP contribution is 2.23. The zero-order valence-electron chi connectivity index (χ0n) is 18.4. The fraction of sp³-hybridized carbons (Fsp3) is 0.115. The lowest BCUT2D eigenvalue weighted by atomic mass is 10.1. The summed E-state index contributed by atoms with van der Waals surface area (Å²) in [7, 11) is 3.44. The molecule has 0 aliphatic rings. The predicted octanol–water partition coefficient (Wildman–Crippen LogP) is 3.67. The van der Waals surface area contributed by atoms with Crippen molar-refractivity contribution in [1.29, 1.82) is 0 Å². The molecule has 0 saturated carbocycles. The summed E-state index contributed by atoms with van der Waals surface area (Å²) in [6.45, 7) is 0.233. The molecule has 0 fully saturated rings. The van der Waals surface area contributed by atoms with Crippen molar-refractivity contribution in [2.75, 3.05) is 7.11 Å². The Morgan fingerprint density at radius 1 is 1.03 bits per heavy atom. The number of aromatic nitrogens is 2. The third kappa shape index (κ3) is 4.93. The van der Waals surface area contributed by atoms with E-state index >= 15 is 0 Å². The number of carbonyl (C=O) groups is 2. The zero-order valence-corrected chi connectivity index (χ0v) is 18.4. The molecule has 0 spiro atoms. The molecule has 2 heterocycles. The van der Waals surface area contributed by atoms with Crippen molar-refractivity contribution >= 4 is 28.8 Å². The fourth-order valence-electron chi connectivity index (χ4n) is 3.59. The molecular formula is C26H24N4O3. The second-order valence-corrected chi connectivity index (χ2v) is 7.43. The molecule has 0 unspecified atom stereocenters. The summed E-state index contributed by atoms with van der Waals surface area (Å²) in [4.78, 5) is 30.4. The number of benzene rings is 2. The van der Waals surface area contributed by atoms with Crippen LogP contribution < -0.4 is 15.4 Å². The number of nitrogens with one attached hydrogen (secondary N) is 2. The van der Waals surface area contributed by atoms with Crippen LogP contribution in [0.2, 0.25) is 0 Å². The van der Waals surface area contributed by atoms with Crippen LogP contribution >= 0.6 is 0 Å². The van der Waals surface area contributed by atoms with Crippen LogP contribution in [0.5, 0.6) is 5.75 Å². The number of ether oxygens (including phenoxy) is 1. The van der Waals surface area contributed by atoms with Crippen molar-refractivity contribution in [1.82, 2.24) is 20.2 Å². The third-order valence-electron chi connectivity index (χ3n) is 5.23. The highest BCUT2D eigenvalue weighted by Gasteiger charge is 2.18. The molecule has 2 aromatic carbocycles. The van der Waals surface area contributed by atoms with E-state index in [1.165, 1.54) is 7.11 Å². The van der Waals surface area contributed by atoms with E-state index in [0.29, 0.717) is 17.0 Å². The van der Waals surface area contributed by atoms with E-state index in [9.17, 15) is 9.59 Å². The summed E-state index contributed by atoms with van der Waals surface area (Å²) >= 11 is 0. The van der Waals surface area contributed by atoms with E-state index in [-0.39, 0.29) is 12.2 Å². The number of fused-ring (bicyclic) bond motifs is 1. The van der Waals surface area contributed by atoms with Crippen molar-refractivity contribution in [2.24, 2.45) is 7.05 Å². The molecular weight excluding hydrogens is 416 g/mol. The number of aryl methyl sites for hydroxylation is 1. The predicted molar refractivity (Wildman–Crippen MR) is 127 cm³/mol. The molecule has 7 nitrogen and oxygen atoms in total.